The monoisotopic (exact) mass is 296 g/mol. The highest BCUT2D eigenvalue weighted by Gasteiger charge is 2.40. The van der Waals surface area contributed by atoms with Crippen LogP contribution >= 0.6 is 8.25 Å². The van der Waals surface area contributed by atoms with Gasteiger partial charge in [-0.1, -0.05) is 0 Å². The van der Waals surface area contributed by atoms with Gasteiger partial charge in [0.15, 0.2) is 0 Å². The van der Waals surface area contributed by atoms with Crippen molar-refractivity contribution in [2.45, 2.75) is 25.4 Å². The summed E-state index contributed by atoms with van der Waals surface area (Å²) in [6, 6.07) is 2.05. The van der Waals surface area contributed by atoms with Gasteiger partial charge in [0.2, 0.25) is 0 Å². The first-order chi connectivity index (χ1) is 9.63. The molecule has 2 N–H and O–H groups in total. The van der Waals surface area contributed by atoms with Crippen LogP contribution in [0.15, 0.2) is 12.5 Å². The SMILES string of the molecule is N#Cc1cncnc1C[C@@H]1C[C@H](CO)[C@@H](O[P+](=O)O)C1. The topological polar surface area (TPSA) is 116 Å². The lowest BCUT2D eigenvalue weighted by Gasteiger charge is -2.09. The highest BCUT2D eigenvalue weighted by molar-refractivity contribution is 7.32. The summed E-state index contributed by atoms with van der Waals surface area (Å²) in [7, 11) is -2.67. The fraction of sp³-hybridized carbons (Fsp3) is 0.583. The lowest BCUT2D eigenvalue weighted by atomic mass is 9.98. The summed E-state index contributed by atoms with van der Waals surface area (Å²) >= 11 is 0. The van der Waals surface area contributed by atoms with Gasteiger partial charge in [-0.25, -0.2) is 9.97 Å². The molecule has 1 fully saturated rings. The van der Waals surface area contributed by atoms with Gasteiger partial charge in [-0.15, -0.1) is 9.42 Å². The van der Waals surface area contributed by atoms with E-state index in [9.17, 15) is 9.67 Å². The molecule has 0 radical (unpaired) electrons. The zero-order chi connectivity index (χ0) is 14.5. The van der Waals surface area contributed by atoms with E-state index in [-0.39, 0.29) is 18.4 Å². The zero-order valence-corrected chi connectivity index (χ0v) is 11.6. The number of aromatic nitrogens is 2. The van der Waals surface area contributed by atoms with Crippen LogP contribution in [0.1, 0.15) is 24.1 Å². The van der Waals surface area contributed by atoms with Crippen LogP contribution < -0.4 is 0 Å². The third kappa shape index (κ3) is 3.56. The summed E-state index contributed by atoms with van der Waals surface area (Å²) in [6.07, 6.45) is 4.27. The molecule has 1 aliphatic carbocycles. The maximum absolute atomic E-state index is 10.8. The number of aliphatic hydroxyl groups excluding tert-OH is 1. The number of rotatable bonds is 5. The molecule has 8 heteroatoms. The van der Waals surface area contributed by atoms with Crippen LogP contribution in [0.25, 0.3) is 0 Å². The number of aliphatic hydroxyl groups is 1. The summed E-state index contributed by atoms with van der Waals surface area (Å²) < 4.78 is 15.7. The molecule has 106 valence electrons. The van der Waals surface area contributed by atoms with Gasteiger partial charge in [0.25, 0.3) is 0 Å². The Kier molecular flexibility index (Phi) is 5.10. The Morgan fingerprint density at radius 1 is 1.55 bits per heavy atom. The van der Waals surface area contributed by atoms with Crippen molar-refractivity contribution in [3.05, 3.63) is 23.8 Å². The normalized spacial score (nSPS) is 26.2. The summed E-state index contributed by atoms with van der Waals surface area (Å²) in [4.78, 5) is 16.7. The summed E-state index contributed by atoms with van der Waals surface area (Å²) in [5.74, 6) is 0.00701. The molecule has 1 aromatic heterocycles. The Hall–Kier alpha value is -1.45. The number of hydrogen-bond acceptors (Lipinski definition) is 6. The summed E-state index contributed by atoms with van der Waals surface area (Å²) in [5, 5.41) is 18.3. The van der Waals surface area contributed by atoms with E-state index in [1.165, 1.54) is 12.5 Å². The van der Waals surface area contributed by atoms with Crippen LogP contribution in [-0.2, 0) is 15.5 Å². The molecular weight excluding hydrogens is 281 g/mol. The maximum atomic E-state index is 10.8. The molecule has 20 heavy (non-hydrogen) atoms. The van der Waals surface area contributed by atoms with Crippen LogP contribution in [-0.4, -0.2) is 32.7 Å². The second-order valence-corrected chi connectivity index (χ2v) is 5.55. The minimum absolute atomic E-state index is 0.0841. The fourth-order valence-corrected chi connectivity index (χ4v) is 3.18. The zero-order valence-electron chi connectivity index (χ0n) is 10.7. The molecule has 0 aromatic carbocycles. The van der Waals surface area contributed by atoms with Gasteiger partial charge in [0, 0.05) is 23.3 Å². The van der Waals surface area contributed by atoms with E-state index in [2.05, 4.69) is 9.97 Å². The van der Waals surface area contributed by atoms with Gasteiger partial charge in [0.1, 0.15) is 18.5 Å². The van der Waals surface area contributed by atoms with E-state index in [1.807, 2.05) is 6.07 Å². The summed E-state index contributed by atoms with van der Waals surface area (Å²) in [5.41, 5.74) is 1.10. The lowest BCUT2D eigenvalue weighted by molar-refractivity contribution is 0.106. The Bertz CT molecular complexity index is 534. The highest BCUT2D eigenvalue weighted by Crippen LogP contribution is 2.39. The van der Waals surface area contributed by atoms with Crippen LogP contribution in [0.5, 0.6) is 0 Å². The maximum Gasteiger partial charge on any atom is 0.695 e. The van der Waals surface area contributed by atoms with Crippen molar-refractivity contribution in [2.75, 3.05) is 6.61 Å². The predicted molar refractivity (Wildman–Crippen MR) is 68.4 cm³/mol. The smallest absolute Gasteiger partial charge is 0.396 e. The minimum atomic E-state index is -2.67. The van der Waals surface area contributed by atoms with Crippen molar-refractivity contribution in [1.29, 1.82) is 5.26 Å². The van der Waals surface area contributed by atoms with Gasteiger partial charge < -0.3 is 5.11 Å². The van der Waals surface area contributed by atoms with Gasteiger partial charge in [-0.05, 0) is 25.2 Å². The van der Waals surface area contributed by atoms with E-state index >= 15 is 0 Å². The van der Waals surface area contributed by atoms with Crippen molar-refractivity contribution in [2.24, 2.45) is 11.8 Å². The van der Waals surface area contributed by atoms with E-state index in [1.54, 1.807) is 0 Å². The average Bonchev–Trinajstić information content (AvgIpc) is 2.80. The van der Waals surface area contributed by atoms with E-state index in [4.69, 9.17) is 14.7 Å². The van der Waals surface area contributed by atoms with Gasteiger partial charge in [-0.2, -0.15) is 5.26 Å². The molecule has 0 bridgehead atoms. The molecule has 1 aromatic rings. The molecule has 0 amide bonds. The number of nitrogens with zero attached hydrogens (tertiary/aromatic N) is 3. The van der Waals surface area contributed by atoms with Crippen molar-refractivity contribution >= 4 is 8.25 Å². The van der Waals surface area contributed by atoms with E-state index in [0.29, 0.717) is 30.5 Å². The Morgan fingerprint density at radius 2 is 2.35 bits per heavy atom. The largest absolute Gasteiger partial charge is 0.695 e. The first-order valence-electron chi connectivity index (χ1n) is 6.26. The highest BCUT2D eigenvalue weighted by atomic mass is 31.1. The molecule has 0 spiro atoms. The third-order valence-electron chi connectivity index (χ3n) is 3.58. The van der Waals surface area contributed by atoms with Crippen LogP contribution in [0, 0.1) is 23.2 Å². The minimum Gasteiger partial charge on any atom is -0.396 e. The average molecular weight is 296 g/mol. The van der Waals surface area contributed by atoms with Crippen LogP contribution in [0.2, 0.25) is 0 Å². The number of nitriles is 1. The van der Waals surface area contributed by atoms with E-state index in [0.717, 1.165) is 0 Å². The Balaban J connectivity index is 2.04. The lowest BCUT2D eigenvalue weighted by Crippen LogP contribution is -2.18. The van der Waals surface area contributed by atoms with Gasteiger partial charge in [0.05, 0.1) is 11.3 Å². The predicted octanol–water partition coefficient (Wildman–Crippen LogP) is 0.944. The van der Waals surface area contributed by atoms with Gasteiger partial charge >= 0.3 is 8.25 Å². The van der Waals surface area contributed by atoms with Crippen LogP contribution in [0.4, 0.5) is 0 Å². The summed E-state index contributed by atoms with van der Waals surface area (Å²) in [6.45, 7) is -0.0841. The molecular formula is C12H15N3O4P+. The Labute approximate surface area is 117 Å². The molecule has 2 rings (SSSR count). The van der Waals surface area contributed by atoms with E-state index < -0.39 is 14.4 Å². The molecule has 1 aliphatic rings. The quantitative estimate of drug-likeness (QED) is 0.777. The van der Waals surface area contributed by atoms with Gasteiger partial charge in [-0.3, -0.25) is 0 Å². The first kappa shape index (κ1) is 14.9. The third-order valence-corrected chi connectivity index (χ3v) is 4.04. The molecule has 1 heterocycles. The molecule has 0 aliphatic heterocycles. The van der Waals surface area contributed by atoms with Crippen molar-refractivity contribution in [3.8, 4) is 6.07 Å². The molecule has 1 unspecified atom stereocenters. The fourth-order valence-electron chi connectivity index (χ4n) is 2.69. The first-order valence-corrected chi connectivity index (χ1v) is 7.39. The molecule has 0 saturated heterocycles. The van der Waals surface area contributed by atoms with Crippen LogP contribution in [0.3, 0.4) is 0 Å². The molecule has 7 nitrogen and oxygen atoms in total. The number of hydrogen-bond donors (Lipinski definition) is 2. The Morgan fingerprint density at radius 3 is 3.00 bits per heavy atom. The van der Waals surface area contributed by atoms with Crippen molar-refractivity contribution in [3.63, 3.8) is 0 Å². The van der Waals surface area contributed by atoms with Crippen molar-refractivity contribution in [1.82, 2.24) is 9.97 Å². The molecule has 4 atom stereocenters. The standard InChI is InChI=1S/C12H14N3O4P/c13-4-10-5-14-7-15-11(10)2-8-1-9(6-16)12(3-8)19-20(17)18/h5,7-9,12,16H,1-3,6H2/p+1/t8-,9+,12-/m0/s1. The second-order valence-electron chi connectivity index (χ2n) is 4.86. The van der Waals surface area contributed by atoms with Crippen molar-refractivity contribution < 1.29 is 19.1 Å². The molecule has 1 saturated carbocycles. The second kappa shape index (κ2) is 6.82.